The summed E-state index contributed by atoms with van der Waals surface area (Å²) in [6.45, 7) is 4.45. The number of aromatic nitrogens is 1. The van der Waals surface area contributed by atoms with Gasteiger partial charge in [-0.3, -0.25) is 19.5 Å². The molecule has 1 aliphatic heterocycles. The molecule has 0 radical (unpaired) electrons. The van der Waals surface area contributed by atoms with Crippen LogP contribution in [0, 0.1) is 0 Å². The summed E-state index contributed by atoms with van der Waals surface area (Å²) in [5, 5.41) is 0. The Labute approximate surface area is 182 Å². The van der Waals surface area contributed by atoms with Crippen molar-refractivity contribution in [1.29, 1.82) is 0 Å². The molecule has 1 unspecified atom stereocenters. The number of carbonyl (C=O) groups is 2. The molecule has 1 atom stereocenters. The first-order valence-electron chi connectivity index (χ1n) is 9.40. The number of hydrogen-bond donors (Lipinski definition) is 0. The van der Waals surface area contributed by atoms with Crippen molar-refractivity contribution in [2.75, 3.05) is 18.7 Å². The van der Waals surface area contributed by atoms with Crippen LogP contribution in [0.5, 0.6) is 5.75 Å². The van der Waals surface area contributed by atoms with Gasteiger partial charge in [-0.05, 0) is 55.9 Å². The maximum absolute atomic E-state index is 12.6. The maximum atomic E-state index is 12.6. The van der Waals surface area contributed by atoms with Crippen molar-refractivity contribution in [3.05, 3.63) is 48.3 Å². The van der Waals surface area contributed by atoms with E-state index in [-0.39, 0.29) is 16.7 Å². The van der Waals surface area contributed by atoms with E-state index in [0.29, 0.717) is 30.9 Å². The Bertz CT molecular complexity index is 951. The number of halogens is 3. The highest BCUT2D eigenvalue weighted by Crippen LogP contribution is 2.40. The van der Waals surface area contributed by atoms with E-state index in [9.17, 15) is 22.8 Å². The number of aldehydes is 1. The third kappa shape index (κ3) is 5.01. The topological polar surface area (TPSA) is 62.7 Å². The van der Waals surface area contributed by atoms with Gasteiger partial charge in [0.25, 0.3) is 0 Å². The number of anilines is 1. The summed E-state index contributed by atoms with van der Waals surface area (Å²) in [5.41, 5.74) is -3.69. The van der Waals surface area contributed by atoms with Gasteiger partial charge in [-0.2, -0.15) is 13.2 Å². The zero-order valence-corrected chi connectivity index (χ0v) is 18.0. The molecule has 0 saturated carbocycles. The van der Waals surface area contributed by atoms with Gasteiger partial charge in [0, 0.05) is 34.4 Å². The molecule has 0 aliphatic carbocycles. The van der Waals surface area contributed by atoms with Gasteiger partial charge >= 0.3 is 5.51 Å². The third-order valence-corrected chi connectivity index (χ3v) is 6.10. The van der Waals surface area contributed by atoms with Crippen LogP contribution in [0.4, 0.5) is 18.9 Å². The Hall–Kier alpha value is -2.59. The average Bonchev–Trinajstić information content (AvgIpc) is 2.97. The predicted octanol–water partition coefficient (Wildman–Crippen LogP) is 3.90. The molecule has 1 aliphatic rings. The lowest BCUT2D eigenvalue weighted by Gasteiger charge is -2.34. The van der Waals surface area contributed by atoms with Crippen molar-refractivity contribution in [3.63, 3.8) is 0 Å². The number of alkyl halides is 3. The molecule has 10 heteroatoms. The van der Waals surface area contributed by atoms with Crippen molar-refractivity contribution in [2.24, 2.45) is 0 Å². The Balaban J connectivity index is 1.92. The number of methoxy groups -OCH3 is 1. The van der Waals surface area contributed by atoms with Crippen LogP contribution in [-0.2, 0) is 16.1 Å². The zero-order valence-electron chi connectivity index (χ0n) is 17.2. The number of Topliss-reactive ketones (excluding diaryl/α,β-unsaturated/α-hetero) is 1. The standard InChI is InChI=1S/C21H22F3N3O3S/c1-20(2)19(17(29)12-28)27(15-4-6-16(7-5-15)31-21(22,23)24)13-26(20)11-14-8-9-25-10-18(14)30-3/h4-10,12,19H,11,13H2,1-3H3. The smallest absolute Gasteiger partial charge is 0.446 e. The summed E-state index contributed by atoms with van der Waals surface area (Å²) in [6.07, 6.45) is 3.54. The van der Waals surface area contributed by atoms with Crippen LogP contribution >= 0.6 is 11.8 Å². The fourth-order valence-corrected chi connectivity index (χ4v) is 4.36. The summed E-state index contributed by atoms with van der Waals surface area (Å²) in [5.74, 6) is 0.00600. The molecule has 2 aromatic rings. The van der Waals surface area contributed by atoms with Gasteiger partial charge in [0.05, 0.1) is 20.0 Å². The molecule has 0 bridgehead atoms. The molecular weight excluding hydrogens is 431 g/mol. The van der Waals surface area contributed by atoms with Gasteiger partial charge < -0.3 is 9.64 Å². The lowest BCUT2D eigenvalue weighted by Crippen LogP contribution is -2.51. The van der Waals surface area contributed by atoms with Gasteiger partial charge in [-0.1, -0.05) is 0 Å². The summed E-state index contributed by atoms with van der Waals surface area (Å²) in [4.78, 5) is 31.8. The van der Waals surface area contributed by atoms with Gasteiger partial charge in [-0.15, -0.1) is 0 Å². The van der Waals surface area contributed by atoms with E-state index in [1.54, 1.807) is 24.4 Å². The van der Waals surface area contributed by atoms with Crippen LogP contribution < -0.4 is 9.64 Å². The Morgan fingerprint density at radius 2 is 1.97 bits per heavy atom. The minimum Gasteiger partial charge on any atom is -0.495 e. The molecule has 1 fully saturated rings. The number of rotatable bonds is 7. The third-order valence-electron chi connectivity index (χ3n) is 5.36. The second kappa shape index (κ2) is 8.88. The fraction of sp³-hybridized carbons (Fsp3) is 0.381. The zero-order chi connectivity index (χ0) is 22.8. The van der Waals surface area contributed by atoms with E-state index in [2.05, 4.69) is 4.98 Å². The van der Waals surface area contributed by atoms with Gasteiger partial charge in [-0.25, -0.2) is 0 Å². The molecule has 166 valence electrons. The van der Waals surface area contributed by atoms with Crippen molar-refractivity contribution < 1.29 is 27.5 Å². The molecule has 31 heavy (non-hydrogen) atoms. The first-order chi connectivity index (χ1) is 14.6. The van der Waals surface area contributed by atoms with Crippen LogP contribution in [0.2, 0.25) is 0 Å². The molecule has 0 spiro atoms. The fourth-order valence-electron chi connectivity index (χ4n) is 3.82. The van der Waals surface area contributed by atoms with Gasteiger partial charge in [0.15, 0.2) is 6.29 Å². The monoisotopic (exact) mass is 453 g/mol. The number of carbonyl (C=O) groups excluding carboxylic acids is 2. The molecule has 3 rings (SSSR count). The largest absolute Gasteiger partial charge is 0.495 e. The number of pyridine rings is 1. The van der Waals surface area contributed by atoms with E-state index in [1.165, 1.54) is 24.3 Å². The first-order valence-corrected chi connectivity index (χ1v) is 10.2. The highest BCUT2D eigenvalue weighted by molar-refractivity contribution is 8.00. The minimum absolute atomic E-state index is 0.0475. The summed E-state index contributed by atoms with van der Waals surface area (Å²) in [7, 11) is 1.54. The molecule has 2 heterocycles. The van der Waals surface area contributed by atoms with Crippen LogP contribution in [0.1, 0.15) is 19.4 Å². The van der Waals surface area contributed by atoms with Crippen molar-refractivity contribution >= 4 is 29.5 Å². The first kappa shape index (κ1) is 23.1. The van der Waals surface area contributed by atoms with Gasteiger partial charge in [0.2, 0.25) is 5.78 Å². The van der Waals surface area contributed by atoms with E-state index in [4.69, 9.17) is 4.74 Å². The van der Waals surface area contributed by atoms with E-state index >= 15 is 0 Å². The van der Waals surface area contributed by atoms with E-state index in [1.807, 2.05) is 24.8 Å². The second-order valence-electron chi connectivity index (χ2n) is 7.61. The predicted molar refractivity (Wildman–Crippen MR) is 111 cm³/mol. The number of nitrogens with zero attached hydrogens (tertiary/aromatic N) is 3. The van der Waals surface area contributed by atoms with Crippen molar-refractivity contribution in [1.82, 2.24) is 9.88 Å². The number of hydrogen-bond acceptors (Lipinski definition) is 7. The molecular formula is C21H22F3N3O3S. The van der Waals surface area contributed by atoms with Crippen molar-refractivity contribution in [3.8, 4) is 5.75 Å². The summed E-state index contributed by atoms with van der Waals surface area (Å²) in [6, 6.07) is 6.81. The van der Waals surface area contributed by atoms with Crippen LogP contribution in [0.25, 0.3) is 0 Å². The van der Waals surface area contributed by atoms with Crippen LogP contribution in [0.3, 0.4) is 0 Å². The van der Waals surface area contributed by atoms with E-state index < -0.39 is 22.9 Å². The number of benzene rings is 1. The lowest BCUT2D eigenvalue weighted by molar-refractivity contribution is -0.131. The van der Waals surface area contributed by atoms with Crippen molar-refractivity contribution in [2.45, 2.75) is 42.4 Å². The molecule has 0 amide bonds. The Kier molecular flexibility index (Phi) is 6.61. The maximum Gasteiger partial charge on any atom is 0.446 e. The SMILES string of the molecule is COc1cnccc1CN1CN(c2ccc(SC(F)(F)F)cc2)C(C(=O)C=O)C1(C)C. The quantitative estimate of drug-likeness (QED) is 0.358. The molecule has 1 saturated heterocycles. The Morgan fingerprint density at radius 1 is 1.29 bits per heavy atom. The van der Waals surface area contributed by atoms with Crippen LogP contribution in [0.15, 0.2) is 47.6 Å². The number of ether oxygens (including phenoxy) is 1. The number of ketones is 1. The van der Waals surface area contributed by atoms with Gasteiger partial charge in [0.1, 0.15) is 11.8 Å². The average molecular weight is 453 g/mol. The molecule has 0 N–H and O–H groups in total. The lowest BCUT2D eigenvalue weighted by atomic mass is 9.90. The Morgan fingerprint density at radius 3 is 2.55 bits per heavy atom. The normalized spacial score (nSPS) is 18.8. The molecule has 6 nitrogen and oxygen atoms in total. The summed E-state index contributed by atoms with van der Waals surface area (Å²) >= 11 is -0.202. The minimum atomic E-state index is -4.38. The van der Waals surface area contributed by atoms with E-state index in [0.717, 1.165) is 5.56 Å². The number of thioether (sulfide) groups is 1. The highest BCUT2D eigenvalue weighted by Gasteiger charge is 2.50. The highest BCUT2D eigenvalue weighted by atomic mass is 32.2. The second-order valence-corrected chi connectivity index (χ2v) is 8.75. The molecule has 1 aromatic carbocycles. The summed E-state index contributed by atoms with van der Waals surface area (Å²) < 4.78 is 43.2. The molecule has 1 aromatic heterocycles. The van der Waals surface area contributed by atoms with Crippen LogP contribution in [-0.4, -0.2) is 52.8 Å².